The third kappa shape index (κ3) is 5.06. The minimum Gasteiger partial charge on any atom is -0.316 e. The molecule has 4 nitrogen and oxygen atoms in total. The van der Waals surface area contributed by atoms with Gasteiger partial charge in [0, 0.05) is 43.4 Å². The molecule has 0 spiro atoms. The lowest BCUT2D eigenvalue weighted by Gasteiger charge is -2.37. The van der Waals surface area contributed by atoms with Crippen molar-refractivity contribution in [2.24, 2.45) is 5.92 Å². The first-order valence-corrected chi connectivity index (χ1v) is 9.54. The van der Waals surface area contributed by atoms with Crippen LogP contribution in [-0.2, 0) is 13.1 Å². The summed E-state index contributed by atoms with van der Waals surface area (Å²) in [6.45, 7) is 4.41. The average molecular weight is 422 g/mol. The molecular weight excluding hydrogens is 393 g/mol. The number of nitrogens with zero attached hydrogens (tertiary/aromatic N) is 2. The Bertz CT molecular complexity index is 851. The van der Waals surface area contributed by atoms with E-state index in [4.69, 9.17) is 0 Å². The molecule has 1 aromatic carbocycles. The van der Waals surface area contributed by atoms with Gasteiger partial charge in [-0.2, -0.15) is 0 Å². The zero-order chi connectivity index (χ0) is 17.9. The van der Waals surface area contributed by atoms with Crippen LogP contribution in [0.1, 0.15) is 29.2 Å². The molecule has 2 atom stereocenters. The van der Waals surface area contributed by atoms with Gasteiger partial charge < -0.3 is 9.88 Å². The number of rotatable bonds is 5. The van der Waals surface area contributed by atoms with Gasteiger partial charge in [0.25, 0.3) is 5.56 Å². The third-order valence-electron chi connectivity index (χ3n) is 5.55. The Morgan fingerprint density at radius 1 is 1.14 bits per heavy atom. The van der Waals surface area contributed by atoms with Gasteiger partial charge >= 0.3 is 0 Å². The summed E-state index contributed by atoms with van der Waals surface area (Å²) < 4.78 is 2.04. The molecule has 0 saturated carbocycles. The Morgan fingerprint density at radius 2 is 1.93 bits per heavy atom. The second-order valence-electron chi connectivity index (χ2n) is 7.67. The number of piperidine rings is 1. The zero-order valence-corrected chi connectivity index (χ0v) is 17.8. The van der Waals surface area contributed by atoms with Gasteiger partial charge in [0.2, 0.25) is 0 Å². The van der Waals surface area contributed by atoms with E-state index in [9.17, 15) is 4.79 Å². The molecule has 3 heterocycles. The number of nitrogens with one attached hydrogen (secondary N) is 1. The average Bonchev–Trinajstić information content (AvgIpc) is 2.66. The lowest BCUT2D eigenvalue weighted by Crippen LogP contribution is -2.45. The summed E-state index contributed by atoms with van der Waals surface area (Å²) >= 11 is 0. The Balaban J connectivity index is 0.00000140. The van der Waals surface area contributed by atoms with Crippen molar-refractivity contribution >= 4 is 30.9 Å². The SMILES string of the molecule is CN(C/C=C/c1ccccc1)Cc1ccc2n(c1=O)C[C@@H]1CNC[C@H]2C1.Cl.Cl. The number of pyridine rings is 1. The number of benzene rings is 1. The highest BCUT2D eigenvalue weighted by Gasteiger charge is 2.31. The van der Waals surface area contributed by atoms with Gasteiger partial charge in [-0.15, -0.1) is 24.8 Å². The smallest absolute Gasteiger partial charge is 0.255 e. The van der Waals surface area contributed by atoms with Crippen LogP contribution in [0.4, 0.5) is 0 Å². The van der Waals surface area contributed by atoms with Crippen molar-refractivity contribution in [2.75, 3.05) is 26.7 Å². The Hall–Kier alpha value is -1.59. The van der Waals surface area contributed by atoms with Crippen molar-refractivity contribution in [3.05, 3.63) is 75.7 Å². The Labute approximate surface area is 179 Å². The van der Waals surface area contributed by atoms with E-state index in [0.717, 1.165) is 31.7 Å². The highest BCUT2D eigenvalue weighted by molar-refractivity contribution is 5.85. The van der Waals surface area contributed by atoms with Crippen molar-refractivity contribution in [3.8, 4) is 0 Å². The van der Waals surface area contributed by atoms with E-state index in [1.165, 1.54) is 17.7 Å². The molecule has 1 N–H and O–H groups in total. The number of aromatic nitrogens is 1. The highest BCUT2D eigenvalue weighted by atomic mass is 35.5. The number of hydrogen-bond donors (Lipinski definition) is 1. The second kappa shape index (κ2) is 10.3. The molecule has 6 heteroatoms. The molecule has 4 rings (SSSR count). The fraction of sp³-hybridized carbons (Fsp3) is 0.409. The van der Waals surface area contributed by atoms with E-state index < -0.39 is 0 Å². The van der Waals surface area contributed by atoms with Crippen molar-refractivity contribution in [1.29, 1.82) is 0 Å². The zero-order valence-electron chi connectivity index (χ0n) is 16.2. The maximum absolute atomic E-state index is 13.0. The maximum Gasteiger partial charge on any atom is 0.255 e. The summed E-state index contributed by atoms with van der Waals surface area (Å²) in [4.78, 5) is 15.2. The lowest BCUT2D eigenvalue weighted by molar-refractivity contribution is 0.255. The van der Waals surface area contributed by atoms with Crippen LogP contribution < -0.4 is 10.9 Å². The predicted molar refractivity (Wildman–Crippen MR) is 121 cm³/mol. The van der Waals surface area contributed by atoms with E-state index in [0.29, 0.717) is 18.4 Å². The molecule has 28 heavy (non-hydrogen) atoms. The fourth-order valence-electron chi connectivity index (χ4n) is 4.24. The van der Waals surface area contributed by atoms with E-state index >= 15 is 0 Å². The maximum atomic E-state index is 13.0. The van der Waals surface area contributed by atoms with E-state index in [-0.39, 0.29) is 30.4 Å². The summed E-state index contributed by atoms with van der Waals surface area (Å²) in [7, 11) is 2.07. The number of fused-ring (bicyclic) bond motifs is 4. The van der Waals surface area contributed by atoms with Gasteiger partial charge in [-0.05, 0) is 37.6 Å². The van der Waals surface area contributed by atoms with Crippen LogP contribution >= 0.6 is 24.8 Å². The number of halogens is 2. The first-order chi connectivity index (χ1) is 12.7. The molecule has 1 fully saturated rings. The van der Waals surface area contributed by atoms with Gasteiger partial charge in [0.05, 0.1) is 0 Å². The van der Waals surface area contributed by atoms with Crippen LogP contribution in [0, 0.1) is 5.92 Å². The molecule has 0 aliphatic carbocycles. The molecule has 152 valence electrons. The topological polar surface area (TPSA) is 37.3 Å². The van der Waals surface area contributed by atoms with Crippen LogP contribution in [0.25, 0.3) is 6.08 Å². The molecule has 2 bridgehead atoms. The van der Waals surface area contributed by atoms with Gasteiger partial charge in [-0.25, -0.2) is 0 Å². The van der Waals surface area contributed by atoms with Gasteiger partial charge in [-0.1, -0.05) is 48.6 Å². The fourth-order valence-corrected chi connectivity index (χ4v) is 4.24. The van der Waals surface area contributed by atoms with Crippen molar-refractivity contribution in [1.82, 2.24) is 14.8 Å². The minimum atomic E-state index is 0. The monoisotopic (exact) mass is 421 g/mol. The van der Waals surface area contributed by atoms with Crippen molar-refractivity contribution < 1.29 is 0 Å². The van der Waals surface area contributed by atoms with Crippen LogP contribution in [0.15, 0.2) is 53.3 Å². The Kier molecular flexibility index (Phi) is 8.32. The highest BCUT2D eigenvalue weighted by Crippen LogP contribution is 2.31. The van der Waals surface area contributed by atoms with Crippen molar-refractivity contribution in [3.63, 3.8) is 0 Å². The van der Waals surface area contributed by atoms with E-state index in [1.807, 2.05) is 28.8 Å². The second-order valence-corrected chi connectivity index (χ2v) is 7.67. The van der Waals surface area contributed by atoms with Crippen LogP contribution in [0.5, 0.6) is 0 Å². The quantitative estimate of drug-likeness (QED) is 0.801. The molecule has 0 unspecified atom stereocenters. The van der Waals surface area contributed by atoms with Crippen LogP contribution in [0.2, 0.25) is 0 Å². The number of hydrogen-bond acceptors (Lipinski definition) is 3. The van der Waals surface area contributed by atoms with Crippen LogP contribution in [0.3, 0.4) is 0 Å². The molecule has 2 aromatic rings. The van der Waals surface area contributed by atoms with Crippen molar-refractivity contribution in [2.45, 2.75) is 25.4 Å². The van der Waals surface area contributed by atoms with E-state index in [1.54, 1.807) is 0 Å². The summed E-state index contributed by atoms with van der Waals surface area (Å²) in [5, 5.41) is 3.50. The number of likely N-dealkylation sites (N-methyl/N-ethyl adjacent to an activating group) is 1. The van der Waals surface area contributed by atoms with Gasteiger partial charge in [0.1, 0.15) is 0 Å². The lowest BCUT2D eigenvalue weighted by atomic mass is 9.84. The first-order valence-electron chi connectivity index (χ1n) is 9.54. The molecule has 2 aliphatic heterocycles. The summed E-state index contributed by atoms with van der Waals surface area (Å²) in [6, 6.07) is 14.5. The largest absolute Gasteiger partial charge is 0.316 e. The van der Waals surface area contributed by atoms with E-state index in [2.05, 4.69) is 47.6 Å². The Morgan fingerprint density at radius 3 is 2.71 bits per heavy atom. The van der Waals surface area contributed by atoms with Crippen LogP contribution in [-0.4, -0.2) is 36.1 Å². The summed E-state index contributed by atoms with van der Waals surface area (Å²) in [6.07, 6.45) is 5.50. The normalized spacial score (nSPS) is 20.4. The molecule has 1 saturated heterocycles. The molecule has 1 aromatic heterocycles. The molecule has 0 radical (unpaired) electrons. The molecule has 0 amide bonds. The third-order valence-corrected chi connectivity index (χ3v) is 5.55. The minimum absolute atomic E-state index is 0. The molecule has 2 aliphatic rings. The molecular formula is C22H29Cl2N3O. The predicted octanol–water partition coefficient (Wildman–Crippen LogP) is 3.54. The summed E-state index contributed by atoms with van der Waals surface area (Å²) in [5.41, 5.74) is 3.53. The summed E-state index contributed by atoms with van der Waals surface area (Å²) in [5.74, 6) is 1.09. The standard InChI is InChI=1S/C22H27N3O.2ClH/c1-24(11-5-8-17-6-3-2-4-7-17)16-19-9-10-21-20-12-18(13-23-14-20)15-25(21)22(19)26;;/h2-10,18,20,23H,11-16H2,1H3;2*1H/b8-5+;;/t18-,20+;;/m0../s1. The van der Waals surface area contributed by atoms with Gasteiger partial charge in [0.15, 0.2) is 0 Å². The first kappa shape index (κ1) is 22.7. The van der Waals surface area contributed by atoms with Gasteiger partial charge in [-0.3, -0.25) is 9.69 Å².